The highest BCUT2D eigenvalue weighted by molar-refractivity contribution is 5.65. The fourth-order valence-electron chi connectivity index (χ4n) is 2.79. The maximum absolute atomic E-state index is 13.9. The van der Waals surface area contributed by atoms with Crippen molar-refractivity contribution in [3.63, 3.8) is 0 Å². The minimum Gasteiger partial charge on any atom is -0.496 e. The lowest BCUT2D eigenvalue weighted by atomic mass is 9.91. The third-order valence-corrected chi connectivity index (χ3v) is 4.77. The van der Waals surface area contributed by atoms with E-state index in [0.717, 1.165) is 12.1 Å². The molecule has 1 aromatic rings. The van der Waals surface area contributed by atoms with Gasteiger partial charge in [0.2, 0.25) is 5.60 Å². The van der Waals surface area contributed by atoms with Crippen LogP contribution in [0.25, 0.3) is 0 Å². The summed E-state index contributed by atoms with van der Waals surface area (Å²) >= 11 is 0. The van der Waals surface area contributed by atoms with Crippen molar-refractivity contribution in [2.24, 2.45) is 4.99 Å². The Hall–Kier alpha value is -2.32. The first-order chi connectivity index (χ1) is 13.6. The molecular formula is C21H27F3N2O3. The molecule has 0 heterocycles. The predicted octanol–water partition coefficient (Wildman–Crippen LogP) is 4.27. The van der Waals surface area contributed by atoms with Crippen molar-refractivity contribution in [1.29, 1.82) is 0 Å². The Morgan fingerprint density at radius 1 is 1.31 bits per heavy atom. The van der Waals surface area contributed by atoms with Crippen LogP contribution in [0.15, 0.2) is 40.9 Å². The summed E-state index contributed by atoms with van der Waals surface area (Å²) in [6, 6.07) is 2.65. The smallest absolute Gasteiger partial charge is 0.423 e. The number of benzene rings is 1. The van der Waals surface area contributed by atoms with Gasteiger partial charge >= 0.3 is 6.18 Å². The van der Waals surface area contributed by atoms with Crippen molar-refractivity contribution in [3.8, 4) is 5.75 Å². The van der Waals surface area contributed by atoms with Gasteiger partial charge in [-0.15, -0.1) is 0 Å². The molecule has 0 saturated heterocycles. The van der Waals surface area contributed by atoms with Crippen LogP contribution >= 0.6 is 0 Å². The van der Waals surface area contributed by atoms with Crippen molar-refractivity contribution in [1.82, 2.24) is 4.90 Å². The number of alkyl halides is 3. The van der Waals surface area contributed by atoms with E-state index in [0.29, 0.717) is 17.7 Å². The van der Waals surface area contributed by atoms with Gasteiger partial charge in [0, 0.05) is 25.2 Å². The Balaban J connectivity index is 2.36. The summed E-state index contributed by atoms with van der Waals surface area (Å²) in [5.74, 6) is -0.105. The molecule has 1 N–H and O–H groups in total. The molecular weight excluding hydrogens is 385 g/mol. The molecule has 0 fully saturated rings. The summed E-state index contributed by atoms with van der Waals surface area (Å²) < 4.78 is 52.1. The van der Waals surface area contributed by atoms with E-state index in [1.807, 2.05) is 31.0 Å². The summed E-state index contributed by atoms with van der Waals surface area (Å²) in [6.45, 7) is 3.38. The zero-order valence-electron chi connectivity index (χ0n) is 17.1. The van der Waals surface area contributed by atoms with E-state index in [4.69, 9.17) is 9.47 Å². The lowest BCUT2D eigenvalue weighted by Gasteiger charge is -2.32. The van der Waals surface area contributed by atoms with E-state index >= 15 is 0 Å². The number of aliphatic imine (C=N–C) groups is 1. The molecule has 0 saturated carbocycles. The molecule has 8 heteroatoms. The Morgan fingerprint density at radius 3 is 2.59 bits per heavy atom. The average molecular weight is 412 g/mol. The Morgan fingerprint density at radius 2 is 2.03 bits per heavy atom. The Bertz CT molecular complexity index is 803. The summed E-state index contributed by atoms with van der Waals surface area (Å²) in [7, 11) is 3.09. The molecule has 1 unspecified atom stereocenters. The highest BCUT2D eigenvalue weighted by atomic mass is 19.4. The second-order valence-electron chi connectivity index (χ2n) is 6.96. The number of aliphatic hydroxyl groups is 1. The van der Waals surface area contributed by atoms with Gasteiger partial charge < -0.3 is 19.5 Å². The summed E-state index contributed by atoms with van der Waals surface area (Å²) in [5.41, 5.74) is -1.82. The Kier molecular flexibility index (Phi) is 7.48. The van der Waals surface area contributed by atoms with Crippen LogP contribution in [0.5, 0.6) is 5.75 Å². The number of aryl methyl sites for hydroxylation is 1. The van der Waals surface area contributed by atoms with Gasteiger partial charge in [-0.05, 0) is 37.5 Å². The molecule has 1 aromatic carbocycles. The molecule has 160 valence electrons. The van der Waals surface area contributed by atoms with Crippen LogP contribution in [0.1, 0.15) is 24.5 Å². The van der Waals surface area contributed by atoms with Crippen LogP contribution in [-0.2, 0) is 10.3 Å². The highest BCUT2D eigenvalue weighted by Gasteiger charge is 2.56. The predicted molar refractivity (Wildman–Crippen MR) is 107 cm³/mol. The average Bonchev–Trinajstić information content (AvgIpc) is 3.18. The highest BCUT2D eigenvalue weighted by Crippen LogP contribution is 2.45. The quantitative estimate of drug-likeness (QED) is 0.486. The van der Waals surface area contributed by atoms with E-state index in [1.54, 1.807) is 19.3 Å². The first kappa shape index (κ1) is 23.0. The molecule has 1 atom stereocenters. The first-order valence-corrected chi connectivity index (χ1v) is 9.27. The van der Waals surface area contributed by atoms with Crippen LogP contribution in [-0.4, -0.2) is 56.4 Å². The van der Waals surface area contributed by atoms with Gasteiger partial charge in [0.1, 0.15) is 5.75 Å². The lowest BCUT2D eigenvalue weighted by molar-refractivity contribution is -0.281. The standard InChI is InChI=1S/C21H27F3N2O3/c1-5-26(3)14-25-18-11-19(28-4)17(10-15(18)2)20(27,21(22,23)24)13-29-12-16-8-6-7-9-16/h6-8,10-11,14,27H,5,9,12-13H2,1-4H3/b25-14+. The maximum atomic E-state index is 13.9. The number of methoxy groups -OCH3 is 1. The van der Waals surface area contributed by atoms with Crippen LogP contribution in [0.3, 0.4) is 0 Å². The molecule has 0 aliphatic heterocycles. The monoisotopic (exact) mass is 412 g/mol. The van der Waals surface area contributed by atoms with Gasteiger partial charge in [-0.3, -0.25) is 0 Å². The Labute approximate surface area is 169 Å². The minimum absolute atomic E-state index is 0.0123. The molecule has 0 bridgehead atoms. The molecule has 0 radical (unpaired) electrons. The number of ether oxygens (including phenoxy) is 2. The first-order valence-electron chi connectivity index (χ1n) is 9.27. The van der Waals surface area contributed by atoms with Crippen molar-refractivity contribution in [2.45, 2.75) is 32.0 Å². The second kappa shape index (κ2) is 9.45. The SMILES string of the molecule is CCN(C)/C=N/c1cc(OC)c(C(O)(COCC2=CC=CC2)C(F)(F)F)cc1C. The molecule has 5 nitrogen and oxygen atoms in total. The summed E-state index contributed by atoms with van der Waals surface area (Å²) in [6.07, 6.45) is 2.75. The van der Waals surface area contributed by atoms with Crippen LogP contribution < -0.4 is 4.74 Å². The van der Waals surface area contributed by atoms with Crippen molar-refractivity contribution in [2.75, 3.05) is 33.9 Å². The molecule has 2 rings (SSSR count). The van der Waals surface area contributed by atoms with E-state index in [-0.39, 0.29) is 12.4 Å². The normalized spacial score (nSPS) is 16.2. The molecule has 0 amide bonds. The number of hydrogen-bond acceptors (Lipinski definition) is 4. The lowest BCUT2D eigenvalue weighted by Crippen LogP contribution is -2.46. The molecule has 0 aromatic heterocycles. The molecule has 1 aliphatic rings. The van der Waals surface area contributed by atoms with Crippen molar-refractivity contribution in [3.05, 3.63) is 47.1 Å². The van der Waals surface area contributed by atoms with Gasteiger partial charge in [-0.1, -0.05) is 18.2 Å². The molecule has 1 aliphatic carbocycles. The van der Waals surface area contributed by atoms with E-state index in [9.17, 15) is 18.3 Å². The van der Waals surface area contributed by atoms with E-state index < -0.39 is 23.9 Å². The number of allylic oxidation sites excluding steroid dienone is 3. The summed E-state index contributed by atoms with van der Waals surface area (Å²) in [4.78, 5) is 6.12. The van der Waals surface area contributed by atoms with Crippen molar-refractivity contribution < 1.29 is 27.8 Å². The molecule has 29 heavy (non-hydrogen) atoms. The minimum atomic E-state index is -4.96. The third-order valence-electron chi connectivity index (χ3n) is 4.77. The fourth-order valence-corrected chi connectivity index (χ4v) is 2.79. The zero-order chi connectivity index (χ0) is 21.7. The fraction of sp³-hybridized carbons (Fsp3) is 0.476. The van der Waals surface area contributed by atoms with Crippen LogP contribution in [0.2, 0.25) is 0 Å². The number of hydrogen-bond donors (Lipinski definition) is 1. The number of rotatable bonds is 9. The van der Waals surface area contributed by atoms with Gasteiger partial charge in [0.15, 0.2) is 0 Å². The summed E-state index contributed by atoms with van der Waals surface area (Å²) in [5, 5.41) is 10.7. The van der Waals surface area contributed by atoms with E-state index in [1.165, 1.54) is 19.2 Å². The van der Waals surface area contributed by atoms with Crippen LogP contribution in [0.4, 0.5) is 18.9 Å². The van der Waals surface area contributed by atoms with Gasteiger partial charge in [-0.25, -0.2) is 4.99 Å². The third kappa shape index (κ3) is 5.39. The maximum Gasteiger partial charge on any atom is 0.423 e. The van der Waals surface area contributed by atoms with Crippen molar-refractivity contribution >= 4 is 12.0 Å². The van der Waals surface area contributed by atoms with Gasteiger partial charge in [0.05, 0.1) is 32.3 Å². The van der Waals surface area contributed by atoms with Gasteiger partial charge in [-0.2, -0.15) is 13.2 Å². The molecule has 0 spiro atoms. The largest absolute Gasteiger partial charge is 0.496 e. The van der Waals surface area contributed by atoms with Crippen LogP contribution in [0, 0.1) is 6.92 Å². The number of nitrogens with zero attached hydrogens (tertiary/aromatic N) is 2. The van der Waals surface area contributed by atoms with Gasteiger partial charge in [0.25, 0.3) is 0 Å². The number of halogens is 3. The second-order valence-corrected chi connectivity index (χ2v) is 6.96. The zero-order valence-corrected chi connectivity index (χ0v) is 17.1. The topological polar surface area (TPSA) is 54.3 Å². The van der Waals surface area contributed by atoms with E-state index in [2.05, 4.69) is 4.99 Å².